The van der Waals surface area contributed by atoms with Gasteiger partial charge in [0.2, 0.25) is 0 Å². The van der Waals surface area contributed by atoms with Crippen molar-refractivity contribution in [2.75, 3.05) is 6.61 Å². The van der Waals surface area contributed by atoms with Gasteiger partial charge in [0.1, 0.15) is 0 Å². The van der Waals surface area contributed by atoms with E-state index in [1.807, 2.05) is 58.9 Å². The number of esters is 1. The van der Waals surface area contributed by atoms with Gasteiger partial charge in [0, 0.05) is 5.02 Å². The van der Waals surface area contributed by atoms with Crippen LogP contribution in [0.2, 0.25) is 5.02 Å². The molecule has 0 spiro atoms. The number of halogens is 1. The molecule has 0 fully saturated rings. The Morgan fingerprint density at radius 1 is 0.964 bits per heavy atom. The van der Waals surface area contributed by atoms with Crippen molar-refractivity contribution in [1.82, 2.24) is 5.32 Å². The highest BCUT2D eigenvalue weighted by molar-refractivity contribution is 6.30. The summed E-state index contributed by atoms with van der Waals surface area (Å²) < 4.78 is 5.31. The molecule has 0 aromatic heterocycles. The van der Waals surface area contributed by atoms with Gasteiger partial charge in [-0.25, -0.2) is 0 Å². The topological polar surface area (TPSA) is 55.4 Å². The molecule has 0 saturated heterocycles. The number of aryl methyl sites for hydroxylation is 2. The number of rotatable bonds is 7. The van der Waals surface area contributed by atoms with Gasteiger partial charge in [-0.3, -0.25) is 9.59 Å². The zero-order valence-electron chi connectivity index (χ0n) is 17.1. The van der Waals surface area contributed by atoms with Crippen LogP contribution in [-0.2, 0) is 14.3 Å². The Morgan fingerprint density at radius 3 is 2.14 bits per heavy atom. The van der Waals surface area contributed by atoms with Crippen molar-refractivity contribution in [2.45, 2.75) is 46.6 Å². The maximum absolute atomic E-state index is 12.6. The van der Waals surface area contributed by atoms with Gasteiger partial charge in [-0.2, -0.15) is 0 Å². The largest absolute Gasteiger partial charge is 0.455 e. The summed E-state index contributed by atoms with van der Waals surface area (Å²) in [6.07, 6.45) is 0. The van der Waals surface area contributed by atoms with Crippen LogP contribution >= 0.6 is 11.6 Å². The molecule has 2 aromatic carbocycles. The zero-order chi connectivity index (χ0) is 20.8. The van der Waals surface area contributed by atoms with E-state index in [0.29, 0.717) is 5.02 Å². The molecule has 2 aromatic rings. The van der Waals surface area contributed by atoms with Crippen molar-refractivity contribution in [3.8, 4) is 0 Å². The van der Waals surface area contributed by atoms with Crippen molar-refractivity contribution in [2.24, 2.45) is 5.92 Å². The van der Waals surface area contributed by atoms with Crippen LogP contribution in [0.4, 0.5) is 0 Å². The Bertz CT molecular complexity index is 830. The third kappa shape index (κ3) is 5.83. The van der Waals surface area contributed by atoms with E-state index in [2.05, 4.69) is 11.4 Å². The monoisotopic (exact) mass is 401 g/mol. The van der Waals surface area contributed by atoms with Crippen LogP contribution in [0.25, 0.3) is 0 Å². The molecule has 2 atom stereocenters. The minimum atomic E-state index is -0.442. The van der Waals surface area contributed by atoms with Crippen molar-refractivity contribution in [1.29, 1.82) is 0 Å². The Balaban J connectivity index is 1.95. The van der Waals surface area contributed by atoms with Crippen LogP contribution in [0, 0.1) is 19.8 Å². The van der Waals surface area contributed by atoms with Crippen molar-refractivity contribution >= 4 is 23.5 Å². The fraction of sp³-hybridized carbons (Fsp3) is 0.391. The number of amides is 1. The van der Waals surface area contributed by atoms with E-state index in [1.54, 1.807) is 12.1 Å². The number of carbonyl (C=O) groups excluding carboxylic acids is 2. The molecule has 0 aliphatic rings. The number of nitrogens with one attached hydrogen (secondary N) is 1. The quantitative estimate of drug-likeness (QED) is 0.655. The van der Waals surface area contributed by atoms with Gasteiger partial charge in [-0.1, -0.05) is 55.8 Å². The third-order valence-corrected chi connectivity index (χ3v) is 5.16. The average molecular weight is 402 g/mol. The third-order valence-electron chi connectivity index (χ3n) is 4.90. The van der Waals surface area contributed by atoms with Crippen LogP contribution in [0.3, 0.4) is 0 Å². The standard InChI is InChI=1S/C23H28ClNO3/c1-14(2)22(18-8-10-20(24)11-9-18)23(27)28-13-21(26)25-17(5)19-7-6-15(3)16(4)12-19/h6-12,14,17,22H,13H2,1-5H3,(H,25,26)/t17-,22+/m0/s1. The van der Waals surface area contributed by atoms with Crippen LogP contribution < -0.4 is 5.32 Å². The summed E-state index contributed by atoms with van der Waals surface area (Å²) in [6.45, 7) is 9.59. The lowest BCUT2D eigenvalue weighted by molar-refractivity contribution is -0.151. The molecule has 1 N–H and O–H groups in total. The lowest BCUT2D eigenvalue weighted by Crippen LogP contribution is -2.32. The van der Waals surface area contributed by atoms with Gasteiger partial charge >= 0.3 is 5.97 Å². The van der Waals surface area contributed by atoms with Gasteiger partial charge in [0.15, 0.2) is 6.61 Å². The molecule has 5 heteroatoms. The predicted molar refractivity (Wildman–Crippen MR) is 112 cm³/mol. The highest BCUT2D eigenvalue weighted by Crippen LogP contribution is 2.27. The van der Waals surface area contributed by atoms with E-state index < -0.39 is 11.9 Å². The Morgan fingerprint density at radius 2 is 1.57 bits per heavy atom. The zero-order valence-corrected chi connectivity index (χ0v) is 17.8. The molecule has 28 heavy (non-hydrogen) atoms. The van der Waals surface area contributed by atoms with Crippen LogP contribution in [0.5, 0.6) is 0 Å². The lowest BCUT2D eigenvalue weighted by atomic mass is 9.88. The molecule has 4 nitrogen and oxygen atoms in total. The highest BCUT2D eigenvalue weighted by atomic mass is 35.5. The second kappa shape index (κ2) is 9.74. The van der Waals surface area contributed by atoms with Gasteiger partial charge in [-0.05, 0) is 61.1 Å². The van der Waals surface area contributed by atoms with Crippen LogP contribution in [-0.4, -0.2) is 18.5 Å². The lowest BCUT2D eigenvalue weighted by Gasteiger charge is -2.20. The first-order chi connectivity index (χ1) is 13.2. The molecule has 2 rings (SSSR count). The molecule has 0 heterocycles. The number of ether oxygens (including phenoxy) is 1. The van der Waals surface area contributed by atoms with Crippen molar-refractivity contribution in [3.63, 3.8) is 0 Å². The van der Waals surface area contributed by atoms with E-state index in [0.717, 1.165) is 11.1 Å². The first-order valence-corrected chi connectivity index (χ1v) is 9.85. The van der Waals surface area contributed by atoms with E-state index in [9.17, 15) is 9.59 Å². The summed E-state index contributed by atoms with van der Waals surface area (Å²) in [5.41, 5.74) is 4.23. The Hall–Kier alpha value is -2.33. The molecule has 0 aliphatic heterocycles. The molecule has 0 bridgehead atoms. The summed E-state index contributed by atoms with van der Waals surface area (Å²) in [6, 6.07) is 13.0. The fourth-order valence-electron chi connectivity index (χ4n) is 3.09. The van der Waals surface area contributed by atoms with Gasteiger partial charge in [-0.15, -0.1) is 0 Å². The SMILES string of the molecule is Cc1ccc([C@H](C)NC(=O)COC(=O)[C@@H](c2ccc(Cl)cc2)C(C)C)cc1C. The van der Waals surface area contributed by atoms with Crippen molar-refractivity contribution < 1.29 is 14.3 Å². The van der Waals surface area contributed by atoms with Crippen LogP contribution in [0.15, 0.2) is 42.5 Å². The maximum atomic E-state index is 12.6. The number of hydrogen-bond acceptors (Lipinski definition) is 3. The number of hydrogen-bond donors (Lipinski definition) is 1. The molecule has 1 amide bonds. The molecular formula is C23H28ClNO3. The normalized spacial score (nSPS) is 13.1. The van der Waals surface area contributed by atoms with E-state index >= 15 is 0 Å². The summed E-state index contributed by atoms with van der Waals surface area (Å²) in [4.78, 5) is 24.8. The molecule has 0 aliphatic carbocycles. The molecular weight excluding hydrogens is 374 g/mol. The predicted octanol–water partition coefficient (Wildman–Crippen LogP) is 5.12. The molecule has 0 saturated carbocycles. The van der Waals surface area contributed by atoms with E-state index in [4.69, 9.17) is 16.3 Å². The summed E-state index contributed by atoms with van der Waals surface area (Å²) in [5, 5.41) is 3.49. The summed E-state index contributed by atoms with van der Waals surface area (Å²) in [7, 11) is 0. The van der Waals surface area contributed by atoms with Gasteiger partial charge in [0.05, 0.1) is 12.0 Å². The van der Waals surface area contributed by atoms with Gasteiger partial charge < -0.3 is 10.1 Å². The Kier molecular flexibility index (Phi) is 7.64. The minimum Gasteiger partial charge on any atom is -0.455 e. The van der Waals surface area contributed by atoms with E-state index in [-0.39, 0.29) is 24.5 Å². The van der Waals surface area contributed by atoms with Gasteiger partial charge in [0.25, 0.3) is 5.91 Å². The second-order valence-corrected chi connectivity index (χ2v) is 7.95. The minimum absolute atomic E-state index is 0.0335. The first kappa shape index (κ1) is 22.0. The molecule has 0 radical (unpaired) electrons. The van der Waals surface area contributed by atoms with Crippen molar-refractivity contribution in [3.05, 3.63) is 69.7 Å². The maximum Gasteiger partial charge on any atom is 0.314 e. The smallest absolute Gasteiger partial charge is 0.314 e. The van der Waals surface area contributed by atoms with E-state index in [1.165, 1.54) is 11.1 Å². The number of benzene rings is 2. The molecule has 0 unspecified atom stereocenters. The Labute approximate surface area is 172 Å². The number of carbonyl (C=O) groups is 2. The van der Waals surface area contributed by atoms with Crippen LogP contribution in [0.1, 0.15) is 55.0 Å². The first-order valence-electron chi connectivity index (χ1n) is 9.47. The molecule has 150 valence electrons. The average Bonchev–Trinajstić information content (AvgIpc) is 2.63. The highest BCUT2D eigenvalue weighted by Gasteiger charge is 2.26. The fourth-order valence-corrected chi connectivity index (χ4v) is 3.22. The second-order valence-electron chi connectivity index (χ2n) is 7.51. The summed E-state index contributed by atoms with van der Waals surface area (Å²) in [5.74, 6) is -1.14. The summed E-state index contributed by atoms with van der Waals surface area (Å²) >= 11 is 5.93.